The Kier molecular flexibility index (Phi) is 6.22. The van der Waals surface area contributed by atoms with Gasteiger partial charge in [-0.15, -0.1) is 6.58 Å². The van der Waals surface area contributed by atoms with Gasteiger partial charge in [0.25, 0.3) is 0 Å². The third-order valence-electron chi connectivity index (χ3n) is 2.64. The Morgan fingerprint density at radius 1 is 1.44 bits per heavy atom. The topological polar surface area (TPSA) is 33.3 Å². The molecule has 3 nitrogen and oxygen atoms in total. The van der Waals surface area contributed by atoms with E-state index >= 15 is 0 Å². The maximum Gasteiger partial charge on any atom is 0.167 e. The van der Waals surface area contributed by atoms with Gasteiger partial charge in [-0.2, -0.15) is 0 Å². The highest BCUT2D eigenvalue weighted by molar-refractivity contribution is 7.80. The highest BCUT2D eigenvalue weighted by Crippen LogP contribution is 2.19. The van der Waals surface area contributed by atoms with Gasteiger partial charge in [0.2, 0.25) is 0 Å². The number of ether oxygens (including phenoxy) is 1. The molecule has 0 saturated heterocycles. The lowest BCUT2D eigenvalue weighted by Gasteiger charge is -2.19. The highest BCUT2D eigenvalue weighted by Gasteiger charge is 2.10. The molecule has 4 heteroatoms. The van der Waals surface area contributed by atoms with E-state index in [1.54, 1.807) is 13.2 Å². The van der Waals surface area contributed by atoms with Crippen LogP contribution in [-0.4, -0.2) is 18.8 Å². The van der Waals surface area contributed by atoms with E-state index in [-0.39, 0.29) is 6.04 Å². The van der Waals surface area contributed by atoms with E-state index in [9.17, 15) is 0 Å². The maximum absolute atomic E-state index is 5.22. The molecule has 0 aromatic heterocycles. The minimum atomic E-state index is 0.209. The summed E-state index contributed by atoms with van der Waals surface area (Å²) in [5.41, 5.74) is 1.20. The molecule has 0 heterocycles. The van der Waals surface area contributed by atoms with Crippen molar-refractivity contribution in [3.8, 4) is 5.75 Å². The standard InChI is InChI=1S/C14H20N2OS/c1-4-10-15-14(18)16-13(5-2)11-6-8-12(17-3)9-7-11/h4,6-9,13H,1,5,10H2,2-3H3,(H2,15,16,18)/t13-/m0/s1. The van der Waals surface area contributed by atoms with E-state index in [0.29, 0.717) is 11.7 Å². The number of nitrogens with one attached hydrogen (secondary N) is 2. The summed E-state index contributed by atoms with van der Waals surface area (Å²) in [6, 6.07) is 8.23. The smallest absolute Gasteiger partial charge is 0.167 e. The first-order valence-electron chi connectivity index (χ1n) is 6.00. The zero-order valence-corrected chi connectivity index (χ0v) is 11.7. The summed E-state index contributed by atoms with van der Waals surface area (Å²) in [7, 11) is 1.67. The Morgan fingerprint density at radius 2 is 2.11 bits per heavy atom. The van der Waals surface area contributed by atoms with Crippen LogP contribution in [0, 0.1) is 0 Å². The molecule has 1 aromatic carbocycles. The molecule has 0 saturated carbocycles. The van der Waals surface area contributed by atoms with Crippen LogP contribution in [0.4, 0.5) is 0 Å². The van der Waals surface area contributed by atoms with Gasteiger partial charge in [-0.05, 0) is 36.3 Å². The van der Waals surface area contributed by atoms with Gasteiger partial charge in [-0.3, -0.25) is 0 Å². The lowest BCUT2D eigenvalue weighted by atomic mass is 10.0. The zero-order chi connectivity index (χ0) is 13.4. The van der Waals surface area contributed by atoms with Crippen LogP contribution in [0.3, 0.4) is 0 Å². The summed E-state index contributed by atoms with van der Waals surface area (Å²) in [5, 5.41) is 7.00. The fraction of sp³-hybridized carbons (Fsp3) is 0.357. The van der Waals surface area contributed by atoms with Gasteiger partial charge in [-0.1, -0.05) is 25.1 Å². The fourth-order valence-electron chi connectivity index (χ4n) is 1.63. The second-order valence-corrected chi connectivity index (χ2v) is 4.29. The molecule has 1 aromatic rings. The van der Waals surface area contributed by atoms with Crippen molar-refractivity contribution in [2.75, 3.05) is 13.7 Å². The lowest BCUT2D eigenvalue weighted by Crippen LogP contribution is -2.37. The van der Waals surface area contributed by atoms with Crippen molar-refractivity contribution in [2.45, 2.75) is 19.4 Å². The van der Waals surface area contributed by atoms with E-state index in [0.717, 1.165) is 12.2 Å². The minimum Gasteiger partial charge on any atom is -0.497 e. The van der Waals surface area contributed by atoms with Gasteiger partial charge in [0.1, 0.15) is 5.75 Å². The van der Waals surface area contributed by atoms with Gasteiger partial charge >= 0.3 is 0 Å². The predicted molar refractivity (Wildman–Crippen MR) is 80.0 cm³/mol. The average Bonchev–Trinajstić information content (AvgIpc) is 2.42. The second-order valence-electron chi connectivity index (χ2n) is 3.88. The molecule has 0 spiro atoms. The first kappa shape index (κ1) is 14.5. The molecule has 98 valence electrons. The van der Waals surface area contributed by atoms with Gasteiger partial charge in [-0.25, -0.2) is 0 Å². The number of benzene rings is 1. The molecule has 0 aliphatic carbocycles. The van der Waals surface area contributed by atoms with Crippen LogP contribution in [0.25, 0.3) is 0 Å². The summed E-state index contributed by atoms with van der Waals surface area (Å²) in [6.07, 6.45) is 2.74. The first-order valence-corrected chi connectivity index (χ1v) is 6.41. The molecule has 0 radical (unpaired) electrons. The number of hydrogen-bond acceptors (Lipinski definition) is 2. The van der Waals surface area contributed by atoms with Crippen molar-refractivity contribution in [2.24, 2.45) is 0 Å². The Morgan fingerprint density at radius 3 is 2.61 bits per heavy atom. The normalized spacial score (nSPS) is 11.4. The van der Waals surface area contributed by atoms with Crippen molar-refractivity contribution in [1.82, 2.24) is 10.6 Å². The van der Waals surface area contributed by atoms with Crippen LogP contribution in [0.5, 0.6) is 5.75 Å². The van der Waals surface area contributed by atoms with E-state index in [2.05, 4.69) is 36.3 Å². The van der Waals surface area contributed by atoms with Crippen molar-refractivity contribution in [1.29, 1.82) is 0 Å². The van der Waals surface area contributed by atoms with Gasteiger partial charge in [0, 0.05) is 6.54 Å². The Hall–Kier alpha value is -1.55. The zero-order valence-electron chi connectivity index (χ0n) is 10.9. The molecule has 2 N–H and O–H groups in total. The van der Waals surface area contributed by atoms with Crippen LogP contribution in [0.15, 0.2) is 36.9 Å². The van der Waals surface area contributed by atoms with Gasteiger partial charge in [0.05, 0.1) is 13.2 Å². The Labute approximate surface area is 114 Å². The Bertz CT molecular complexity index is 389. The molecule has 1 atom stereocenters. The Balaban J connectivity index is 2.64. The van der Waals surface area contributed by atoms with Crippen molar-refractivity contribution >= 4 is 17.3 Å². The number of thiocarbonyl (C=S) groups is 1. The van der Waals surface area contributed by atoms with Crippen LogP contribution in [0.2, 0.25) is 0 Å². The number of methoxy groups -OCH3 is 1. The molecular formula is C14H20N2OS. The molecule has 0 aliphatic heterocycles. The highest BCUT2D eigenvalue weighted by atomic mass is 32.1. The van der Waals surface area contributed by atoms with Crippen molar-refractivity contribution in [3.63, 3.8) is 0 Å². The van der Waals surface area contributed by atoms with Crippen molar-refractivity contribution in [3.05, 3.63) is 42.5 Å². The van der Waals surface area contributed by atoms with E-state index in [1.165, 1.54) is 5.56 Å². The quantitative estimate of drug-likeness (QED) is 0.611. The molecule has 18 heavy (non-hydrogen) atoms. The van der Waals surface area contributed by atoms with Crippen molar-refractivity contribution < 1.29 is 4.74 Å². The monoisotopic (exact) mass is 264 g/mol. The fourth-order valence-corrected chi connectivity index (χ4v) is 1.86. The van der Waals surface area contributed by atoms with Crippen LogP contribution < -0.4 is 15.4 Å². The summed E-state index contributed by atoms with van der Waals surface area (Å²) >= 11 is 5.22. The summed E-state index contributed by atoms with van der Waals surface area (Å²) in [5.74, 6) is 0.862. The summed E-state index contributed by atoms with van der Waals surface area (Å²) in [6.45, 7) is 6.44. The van der Waals surface area contributed by atoms with Crippen LogP contribution >= 0.6 is 12.2 Å². The summed E-state index contributed by atoms with van der Waals surface area (Å²) in [4.78, 5) is 0. The maximum atomic E-state index is 5.22. The molecular weight excluding hydrogens is 244 g/mol. The molecule has 0 amide bonds. The number of hydrogen-bond donors (Lipinski definition) is 2. The lowest BCUT2D eigenvalue weighted by molar-refractivity contribution is 0.414. The molecule has 0 fully saturated rings. The van der Waals surface area contributed by atoms with E-state index < -0.39 is 0 Å². The molecule has 0 unspecified atom stereocenters. The van der Waals surface area contributed by atoms with E-state index in [1.807, 2.05) is 12.1 Å². The molecule has 0 aliphatic rings. The minimum absolute atomic E-state index is 0.209. The van der Waals surface area contributed by atoms with Crippen LogP contribution in [0.1, 0.15) is 24.9 Å². The number of rotatable bonds is 6. The molecule has 1 rings (SSSR count). The predicted octanol–water partition coefficient (Wildman–Crippen LogP) is 2.80. The van der Waals surface area contributed by atoms with Gasteiger partial charge < -0.3 is 15.4 Å². The van der Waals surface area contributed by atoms with Gasteiger partial charge in [0.15, 0.2) is 5.11 Å². The first-order chi connectivity index (χ1) is 8.71. The van der Waals surface area contributed by atoms with E-state index in [4.69, 9.17) is 17.0 Å². The summed E-state index contributed by atoms with van der Waals surface area (Å²) < 4.78 is 5.15. The SMILES string of the molecule is C=CCNC(=S)N[C@@H](CC)c1ccc(OC)cc1. The van der Waals surface area contributed by atoms with Crippen LogP contribution in [-0.2, 0) is 0 Å². The third kappa shape index (κ3) is 4.37. The largest absolute Gasteiger partial charge is 0.497 e. The third-order valence-corrected chi connectivity index (χ3v) is 2.90. The second kappa shape index (κ2) is 7.71. The molecule has 0 bridgehead atoms. The average molecular weight is 264 g/mol.